The first-order chi connectivity index (χ1) is 7.85. The first-order valence-electron chi connectivity index (χ1n) is 6.31. The molecule has 1 heterocycles. The number of anilines is 1. The van der Waals surface area contributed by atoms with Gasteiger partial charge in [0.05, 0.1) is 12.3 Å². The third kappa shape index (κ3) is 3.95. The Labute approximate surface area is 104 Å². The number of ether oxygens (including phenoxy) is 1. The summed E-state index contributed by atoms with van der Waals surface area (Å²) < 4.78 is 7.66. The Hall–Kier alpha value is -1.19. The summed E-state index contributed by atoms with van der Waals surface area (Å²) in [5.74, 6) is 0.730. The van der Waals surface area contributed by atoms with Crippen LogP contribution in [0.2, 0.25) is 0 Å². The van der Waals surface area contributed by atoms with Gasteiger partial charge in [-0.05, 0) is 25.2 Å². The minimum absolute atomic E-state index is 0.277. The normalized spacial score (nSPS) is 11.8. The maximum atomic E-state index is 5.98. The standard InChI is InChI=1S/C13H25N3O/c1-6-8-16-12(11(14)10(2)15-16)17-9-7-13(3,4)5/h6-9,14H2,1-5H3. The predicted molar refractivity (Wildman–Crippen MR) is 71.2 cm³/mol. The molecule has 0 aliphatic rings. The Balaban J connectivity index is 2.69. The van der Waals surface area contributed by atoms with E-state index in [2.05, 4.69) is 32.8 Å². The lowest BCUT2D eigenvalue weighted by Crippen LogP contribution is -2.13. The van der Waals surface area contributed by atoms with Gasteiger partial charge in [-0.1, -0.05) is 27.7 Å². The van der Waals surface area contributed by atoms with Crippen molar-refractivity contribution in [3.05, 3.63) is 5.69 Å². The summed E-state index contributed by atoms with van der Waals surface area (Å²) in [4.78, 5) is 0. The summed E-state index contributed by atoms with van der Waals surface area (Å²) >= 11 is 0. The number of aryl methyl sites for hydroxylation is 2. The fourth-order valence-corrected chi connectivity index (χ4v) is 1.54. The van der Waals surface area contributed by atoms with Crippen molar-refractivity contribution in [1.82, 2.24) is 9.78 Å². The van der Waals surface area contributed by atoms with Gasteiger partial charge in [0, 0.05) is 6.54 Å². The van der Waals surface area contributed by atoms with Gasteiger partial charge in [-0.25, -0.2) is 4.68 Å². The first-order valence-corrected chi connectivity index (χ1v) is 6.31. The highest BCUT2D eigenvalue weighted by atomic mass is 16.5. The van der Waals surface area contributed by atoms with Crippen LogP contribution in [0.1, 0.15) is 46.2 Å². The van der Waals surface area contributed by atoms with E-state index in [-0.39, 0.29) is 5.41 Å². The van der Waals surface area contributed by atoms with Crippen molar-refractivity contribution in [3.63, 3.8) is 0 Å². The summed E-state index contributed by atoms with van der Waals surface area (Å²) in [6, 6.07) is 0. The van der Waals surface area contributed by atoms with Gasteiger partial charge in [0.1, 0.15) is 5.69 Å². The van der Waals surface area contributed by atoms with Crippen LogP contribution in [-0.4, -0.2) is 16.4 Å². The number of hydrogen-bond acceptors (Lipinski definition) is 3. The predicted octanol–water partition coefficient (Wildman–Crippen LogP) is 3.00. The van der Waals surface area contributed by atoms with Gasteiger partial charge in [-0.3, -0.25) is 0 Å². The van der Waals surface area contributed by atoms with E-state index < -0.39 is 0 Å². The molecule has 0 aliphatic heterocycles. The molecule has 4 nitrogen and oxygen atoms in total. The van der Waals surface area contributed by atoms with E-state index >= 15 is 0 Å². The highest BCUT2D eigenvalue weighted by Crippen LogP contribution is 2.26. The van der Waals surface area contributed by atoms with Gasteiger partial charge in [-0.2, -0.15) is 5.10 Å². The molecule has 1 aromatic heterocycles. The number of nitrogens with zero attached hydrogens (tertiary/aromatic N) is 2. The summed E-state index contributed by atoms with van der Waals surface area (Å²) in [6.07, 6.45) is 2.03. The van der Waals surface area contributed by atoms with Gasteiger partial charge in [-0.15, -0.1) is 0 Å². The molecule has 2 N–H and O–H groups in total. The van der Waals surface area contributed by atoms with E-state index in [4.69, 9.17) is 10.5 Å². The van der Waals surface area contributed by atoms with E-state index in [9.17, 15) is 0 Å². The molecule has 0 aliphatic carbocycles. The Morgan fingerprint density at radius 1 is 1.35 bits per heavy atom. The van der Waals surface area contributed by atoms with Crippen LogP contribution >= 0.6 is 0 Å². The molecular weight excluding hydrogens is 214 g/mol. The van der Waals surface area contributed by atoms with E-state index in [0.717, 1.165) is 31.0 Å². The molecule has 0 unspecified atom stereocenters. The lowest BCUT2D eigenvalue weighted by molar-refractivity contribution is 0.226. The summed E-state index contributed by atoms with van der Waals surface area (Å²) in [5, 5.41) is 4.38. The highest BCUT2D eigenvalue weighted by molar-refractivity contribution is 5.52. The Bertz CT molecular complexity index is 363. The van der Waals surface area contributed by atoms with Gasteiger partial charge < -0.3 is 10.5 Å². The molecule has 0 aromatic carbocycles. The molecule has 1 aromatic rings. The van der Waals surface area contributed by atoms with Crippen molar-refractivity contribution in [1.29, 1.82) is 0 Å². The average Bonchev–Trinajstić information content (AvgIpc) is 2.44. The quantitative estimate of drug-likeness (QED) is 0.859. The second-order valence-electron chi connectivity index (χ2n) is 5.69. The van der Waals surface area contributed by atoms with Gasteiger partial charge in [0.15, 0.2) is 0 Å². The van der Waals surface area contributed by atoms with Gasteiger partial charge >= 0.3 is 0 Å². The minimum Gasteiger partial charge on any atom is -0.476 e. The second-order valence-corrected chi connectivity index (χ2v) is 5.69. The van der Waals surface area contributed by atoms with E-state index in [0.29, 0.717) is 12.3 Å². The molecule has 0 bridgehead atoms. The van der Waals surface area contributed by atoms with Crippen molar-refractivity contribution in [2.24, 2.45) is 5.41 Å². The van der Waals surface area contributed by atoms with Crippen molar-refractivity contribution in [2.45, 2.75) is 54.0 Å². The molecule has 98 valence electrons. The fourth-order valence-electron chi connectivity index (χ4n) is 1.54. The van der Waals surface area contributed by atoms with Crippen molar-refractivity contribution < 1.29 is 4.74 Å². The maximum absolute atomic E-state index is 5.98. The van der Waals surface area contributed by atoms with Crippen LogP contribution in [0.25, 0.3) is 0 Å². The first kappa shape index (κ1) is 13.9. The lowest BCUT2D eigenvalue weighted by atomic mass is 9.93. The smallest absolute Gasteiger partial charge is 0.236 e. The van der Waals surface area contributed by atoms with Crippen LogP contribution in [-0.2, 0) is 6.54 Å². The fraction of sp³-hybridized carbons (Fsp3) is 0.769. The van der Waals surface area contributed by atoms with E-state index in [1.54, 1.807) is 0 Å². The molecule has 0 fully saturated rings. The third-order valence-corrected chi connectivity index (χ3v) is 2.65. The van der Waals surface area contributed by atoms with Gasteiger partial charge in [0.2, 0.25) is 5.88 Å². The zero-order valence-electron chi connectivity index (χ0n) is 11.7. The second kappa shape index (κ2) is 5.43. The van der Waals surface area contributed by atoms with Crippen LogP contribution in [0, 0.1) is 12.3 Å². The van der Waals surface area contributed by atoms with E-state index in [1.807, 2.05) is 11.6 Å². The monoisotopic (exact) mass is 239 g/mol. The number of aromatic nitrogens is 2. The Morgan fingerprint density at radius 2 is 2.00 bits per heavy atom. The van der Waals surface area contributed by atoms with Crippen LogP contribution in [0.5, 0.6) is 5.88 Å². The topological polar surface area (TPSA) is 53.1 Å². The van der Waals surface area contributed by atoms with Crippen LogP contribution in [0.15, 0.2) is 0 Å². The zero-order chi connectivity index (χ0) is 13.1. The van der Waals surface area contributed by atoms with Crippen molar-refractivity contribution >= 4 is 5.69 Å². The third-order valence-electron chi connectivity index (χ3n) is 2.65. The lowest BCUT2D eigenvalue weighted by Gasteiger charge is -2.18. The molecule has 4 heteroatoms. The SMILES string of the molecule is CCCn1nc(C)c(N)c1OCCC(C)(C)C. The zero-order valence-corrected chi connectivity index (χ0v) is 11.7. The number of nitrogen functional groups attached to an aromatic ring is 1. The van der Waals surface area contributed by atoms with Gasteiger partial charge in [0.25, 0.3) is 0 Å². The summed E-state index contributed by atoms with van der Waals surface area (Å²) in [5.41, 5.74) is 7.78. The van der Waals surface area contributed by atoms with Crippen LogP contribution in [0.4, 0.5) is 5.69 Å². The number of rotatable bonds is 5. The number of hydrogen-bond donors (Lipinski definition) is 1. The van der Waals surface area contributed by atoms with Crippen molar-refractivity contribution in [3.8, 4) is 5.88 Å². The molecule has 17 heavy (non-hydrogen) atoms. The largest absolute Gasteiger partial charge is 0.476 e. The Morgan fingerprint density at radius 3 is 2.53 bits per heavy atom. The molecule has 0 amide bonds. The molecule has 0 spiro atoms. The van der Waals surface area contributed by atoms with Crippen molar-refractivity contribution in [2.75, 3.05) is 12.3 Å². The van der Waals surface area contributed by atoms with E-state index in [1.165, 1.54) is 0 Å². The summed E-state index contributed by atoms with van der Waals surface area (Å²) in [6.45, 7) is 12.2. The maximum Gasteiger partial charge on any atom is 0.236 e. The average molecular weight is 239 g/mol. The molecule has 0 radical (unpaired) electrons. The molecule has 0 saturated carbocycles. The Kier molecular flexibility index (Phi) is 4.43. The molecule has 0 saturated heterocycles. The molecule has 0 atom stereocenters. The molecule has 1 rings (SSSR count). The number of nitrogens with two attached hydrogens (primary N) is 1. The van der Waals surface area contributed by atoms with Crippen LogP contribution in [0.3, 0.4) is 0 Å². The highest BCUT2D eigenvalue weighted by Gasteiger charge is 2.15. The summed E-state index contributed by atoms with van der Waals surface area (Å²) in [7, 11) is 0. The molecular formula is C13H25N3O. The minimum atomic E-state index is 0.277. The van der Waals surface area contributed by atoms with Crippen LogP contribution < -0.4 is 10.5 Å².